The summed E-state index contributed by atoms with van der Waals surface area (Å²) in [6.07, 6.45) is 0. The second-order valence-corrected chi connectivity index (χ2v) is 6.55. The lowest BCUT2D eigenvalue weighted by Gasteiger charge is -2.18. The highest BCUT2D eigenvalue weighted by Gasteiger charge is 2.23. The van der Waals surface area contributed by atoms with Gasteiger partial charge >= 0.3 is 0 Å². The number of halogens is 4. The molecule has 1 aromatic heterocycles. The number of H-pyrrole nitrogens is 1. The summed E-state index contributed by atoms with van der Waals surface area (Å²) < 4.78 is 12.8. The molecule has 2 rings (SSSR count). The van der Waals surface area contributed by atoms with Gasteiger partial charge < -0.3 is 21.1 Å². The number of hydrogen-bond acceptors (Lipinski definition) is 5. The largest absolute Gasteiger partial charge is 0.501 e. The number of aromatic nitrogens is 2. The van der Waals surface area contributed by atoms with E-state index in [1.54, 1.807) is 13.8 Å². The van der Waals surface area contributed by atoms with Crippen LogP contribution in [0.25, 0.3) is 0 Å². The summed E-state index contributed by atoms with van der Waals surface area (Å²) in [4.78, 5) is 30.1. The zero-order valence-corrected chi connectivity index (χ0v) is 16.9. The van der Waals surface area contributed by atoms with Crippen LogP contribution < -0.4 is 16.6 Å². The SMILES string of the molecule is CC(C)(N)c1nc(C(=O)NCc2ccc(F)cc2)c(O)c(=O)[nH]1.Cl.ClCCl. The first kappa shape index (κ1) is 25.1. The van der Waals surface area contributed by atoms with E-state index in [4.69, 9.17) is 28.9 Å². The van der Waals surface area contributed by atoms with E-state index in [0.29, 0.717) is 5.56 Å². The number of rotatable bonds is 4. The van der Waals surface area contributed by atoms with Crippen molar-refractivity contribution in [3.05, 3.63) is 57.5 Å². The molecule has 0 aliphatic heterocycles. The molecule has 0 atom stereocenters. The molecule has 0 saturated heterocycles. The van der Waals surface area contributed by atoms with Crippen LogP contribution in [0.1, 0.15) is 35.7 Å². The van der Waals surface area contributed by atoms with Crippen LogP contribution in [0.5, 0.6) is 5.75 Å². The van der Waals surface area contributed by atoms with Gasteiger partial charge in [0, 0.05) is 6.54 Å². The highest BCUT2D eigenvalue weighted by atomic mass is 35.5. The molecule has 7 nitrogen and oxygen atoms in total. The van der Waals surface area contributed by atoms with Crippen LogP contribution >= 0.6 is 35.6 Å². The Balaban J connectivity index is 0.00000158. The molecule has 150 valence electrons. The molecule has 27 heavy (non-hydrogen) atoms. The van der Waals surface area contributed by atoms with Crippen molar-refractivity contribution in [2.75, 3.05) is 5.34 Å². The van der Waals surface area contributed by atoms with E-state index < -0.39 is 28.4 Å². The van der Waals surface area contributed by atoms with Crippen molar-refractivity contribution in [1.29, 1.82) is 0 Å². The van der Waals surface area contributed by atoms with Gasteiger partial charge in [-0.15, -0.1) is 35.6 Å². The van der Waals surface area contributed by atoms with Crippen LogP contribution in [-0.4, -0.2) is 26.3 Å². The molecule has 11 heteroatoms. The quantitative estimate of drug-likeness (QED) is 0.543. The predicted molar refractivity (Wildman–Crippen MR) is 105 cm³/mol. The first-order valence-corrected chi connectivity index (χ1v) is 8.44. The number of aromatic amines is 1. The topological polar surface area (TPSA) is 121 Å². The van der Waals surface area contributed by atoms with E-state index in [-0.39, 0.29) is 35.9 Å². The minimum absolute atomic E-state index is 0. The lowest BCUT2D eigenvalue weighted by Crippen LogP contribution is -2.35. The second kappa shape index (κ2) is 11.1. The number of nitrogens with two attached hydrogens (primary N) is 1. The second-order valence-electron chi connectivity index (χ2n) is 5.74. The maximum atomic E-state index is 12.8. The molecule has 2 aromatic rings. The van der Waals surface area contributed by atoms with Gasteiger partial charge in [-0.25, -0.2) is 9.37 Å². The molecule has 0 saturated carbocycles. The third kappa shape index (κ3) is 7.72. The van der Waals surface area contributed by atoms with E-state index in [2.05, 4.69) is 15.3 Å². The average molecular weight is 442 g/mol. The molecule has 0 unspecified atom stereocenters. The minimum atomic E-state index is -0.987. The number of hydrogen-bond donors (Lipinski definition) is 4. The standard InChI is InChI=1S/C15H17FN4O3.CH2Cl2.ClH/c1-15(2,17)14-19-10(11(21)13(23)20-14)12(22)18-7-8-3-5-9(16)6-4-8;2-1-3;/h3-6,21H,7,17H2,1-2H3,(H,18,22)(H,19,20,23);1H2;1H. The van der Waals surface area contributed by atoms with Gasteiger partial charge in [0.2, 0.25) is 5.75 Å². The Bertz CT molecular complexity index is 808. The van der Waals surface area contributed by atoms with Crippen molar-refractivity contribution in [1.82, 2.24) is 15.3 Å². The summed E-state index contributed by atoms with van der Waals surface area (Å²) in [6.45, 7) is 3.29. The van der Waals surface area contributed by atoms with Crippen molar-refractivity contribution in [2.45, 2.75) is 25.9 Å². The van der Waals surface area contributed by atoms with Crippen molar-refractivity contribution < 1.29 is 14.3 Å². The van der Waals surface area contributed by atoms with Crippen LogP contribution in [0, 0.1) is 5.82 Å². The third-order valence-corrected chi connectivity index (χ3v) is 3.09. The fraction of sp³-hybridized carbons (Fsp3) is 0.312. The predicted octanol–water partition coefficient (Wildman–Crippen LogP) is 2.58. The Kier molecular flexibility index (Phi) is 10.3. The molecule has 0 fully saturated rings. The van der Waals surface area contributed by atoms with Gasteiger partial charge in [0.05, 0.1) is 10.9 Å². The van der Waals surface area contributed by atoms with Crippen molar-refractivity contribution in [3.63, 3.8) is 0 Å². The van der Waals surface area contributed by atoms with Crippen molar-refractivity contribution in [2.24, 2.45) is 5.73 Å². The normalized spacial score (nSPS) is 10.3. The summed E-state index contributed by atoms with van der Waals surface area (Å²) in [5.74, 6) is -1.82. The zero-order valence-electron chi connectivity index (χ0n) is 14.6. The Morgan fingerprint density at radius 2 is 1.85 bits per heavy atom. The van der Waals surface area contributed by atoms with Crippen LogP contribution in [0.15, 0.2) is 29.1 Å². The Morgan fingerprint density at radius 1 is 1.33 bits per heavy atom. The molecule has 0 aliphatic carbocycles. The highest BCUT2D eigenvalue weighted by molar-refractivity contribution is 6.40. The Morgan fingerprint density at radius 3 is 2.33 bits per heavy atom. The molecule has 0 bridgehead atoms. The van der Waals surface area contributed by atoms with E-state index in [0.717, 1.165) is 0 Å². The fourth-order valence-electron chi connectivity index (χ4n) is 1.80. The monoisotopic (exact) mass is 440 g/mol. The van der Waals surface area contributed by atoms with E-state index >= 15 is 0 Å². The van der Waals surface area contributed by atoms with Crippen LogP contribution in [0.2, 0.25) is 0 Å². The van der Waals surface area contributed by atoms with Gasteiger partial charge in [0.1, 0.15) is 11.6 Å². The lowest BCUT2D eigenvalue weighted by atomic mass is 10.1. The molecule has 1 amide bonds. The number of amides is 1. The molecule has 0 aliphatic rings. The molecular formula is C16H20Cl3FN4O3. The number of aromatic hydroxyl groups is 1. The summed E-state index contributed by atoms with van der Waals surface area (Å²) in [7, 11) is 0. The number of nitrogens with one attached hydrogen (secondary N) is 2. The molecular weight excluding hydrogens is 422 g/mol. The van der Waals surface area contributed by atoms with Gasteiger partial charge in [0.15, 0.2) is 5.69 Å². The first-order valence-electron chi connectivity index (χ1n) is 7.37. The van der Waals surface area contributed by atoms with Gasteiger partial charge in [-0.05, 0) is 31.5 Å². The average Bonchev–Trinajstić information content (AvgIpc) is 2.56. The molecule has 0 radical (unpaired) electrons. The minimum Gasteiger partial charge on any atom is -0.501 e. The number of benzene rings is 1. The Hall–Kier alpha value is -1.87. The molecule has 1 heterocycles. The maximum absolute atomic E-state index is 12.8. The third-order valence-electron chi connectivity index (χ3n) is 3.09. The van der Waals surface area contributed by atoms with E-state index in [1.165, 1.54) is 24.3 Å². The van der Waals surface area contributed by atoms with E-state index in [1.807, 2.05) is 0 Å². The van der Waals surface area contributed by atoms with E-state index in [9.17, 15) is 19.1 Å². The van der Waals surface area contributed by atoms with Crippen LogP contribution in [-0.2, 0) is 12.1 Å². The number of alkyl halides is 2. The number of nitrogens with zero attached hydrogens (tertiary/aromatic N) is 1. The number of carbonyl (C=O) groups excluding carboxylic acids is 1. The smallest absolute Gasteiger partial charge is 0.293 e. The van der Waals surface area contributed by atoms with Gasteiger partial charge in [-0.1, -0.05) is 12.1 Å². The van der Waals surface area contributed by atoms with Crippen molar-refractivity contribution in [3.8, 4) is 5.75 Å². The van der Waals surface area contributed by atoms with Crippen LogP contribution in [0.3, 0.4) is 0 Å². The summed E-state index contributed by atoms with van der Waals surface area (Å²) in [6, 6.07) is 5.54. The Labute approximate surface area is 171 Å². The molecule has 1 aromatic carbocycles. The zero-order chi connectivity index (χ0) is 19.9. The molecule has 0 spiro atoms. The fourth-order valence-corrected chi connectivity index (χ4v) is 1.80. The maximum Gasteiger partial charge on any atom is 0.293 e. The van der Waals surface area contributed by atoms with Crippen LogP contribution in [0.4, 0.5) is 4.39 Å². The lowest BCUT2D eigenvalue weighted by molar-refractivity contribution is 0.0941. The number of carbonyl (C=O) groups is 1. The summed E-state index contributed by atoms with van der Waals surface area (Å²) in [5, 5.41) is 12.4. The summed E-state index contributed by atoms with van der Waals surface area (Å²) >= 11 is 9.53. The molecule has 5 N–H and O–H groups in total. The van der Waals surface area contributed by atoms with Gasteiger partial charge in [-0.2, -0.15) is 0 Å². The van der Waals surface area contributed by atoms with Crippen molar-refractivity contribution >= 4 is 41.5 Å². The first-order chi connectivity index (χ1) is 12.1. The summed E-state index contributed by atoms with van der Waals surface area (Å²) in [5.41, 5.74) is 4.25. The van der Waals surface area contributed by atoms with Gasteiger partial charge in [0.25, 0.3) is 11.5 Å². The van der Waals surface area contributed by atoms with Gasteiger partial charge in [-0.3, -0.25) is 9.59 Å². The highest BCUT2D eigenvalue weighted by Crippen LogP contribution is 2.15.